The molecule has 1 fully saturated rings. The lowest BCUT2D eigenvalue weighted by Gasteiger charge is -2.39. The van der Waals surface area contributed by atoms with Crippen LogP contribution in [0.25, 0.3) is 0 Å². The zero-order valence-electron chi connectivity index (χ0n) is 17.1. The van der Waals surface area contributed by atoms with Gasteiger partial charge in [-0.1, -0.05) is 43.3 Å². The molecule has 5 heteroatoms. The van der Waals surface area contributed by atoms with Crippen LogP contribution >= 0.6 is 0 Å². The number of ether oxygens (including phenoxy) is 1. The molecule has 0 aliphatic carbocycles. The van der Waals surface area contributed by atoms with E-state index < -0.39 is 0 Å². The zero-order valence-corrected chi connectivity index (χ0v) is 17.1. The third-order valence-corrected chi connectivity index (χ3v) is 5.64. The molecule has 1 amide bonds. The minimum Gasteiger partial charge on any atom is -0.496 e. The average Bonchev–Trinajstić information content (AvgIpc) is 2.74. The molecule has 0 bridgehead atoms. The van der Waals surface area contributed by atoms with Gasteiger partial charge in [-0.15, -0.1) is 0 Å². The third kappa shape index (κ3) is 4.72. The minimum atomic E-state index is -0.0230. The fourth-order valence-electron chi connectivity index (χ4n) is 3.88. The Hall–Kier alpha value is -2.37. The van der Waals surface area contributed by atoms with E-state index in [1.807, 2.05) is 49.4 Å². The number of piperazine rings is 1. The molecule has 0 aromatic heterocycles. The molecule has 0 radical (unpaired) electrons. The number of nitrogens with one attached hydrogen (secondary N) is 1. The van der Waals surface area contributed by atoms with Crippen molar-refractivity contribution in [1.29, 1.82) is 0 Å². The van der Waals surface area contributed by atoms with Crippen LogP contribution in [0.15, 0.2) is 48.5 Å². The van der Waals surface area contributed by atoms with E-state index in [1.165, 1.54) is 0 Å². The van der Waals surface area contributed by atoms with Gasteiger partial charge in [0.05, 0.1) is 13.2 Å². The van der Waals surface area contributed by atoms with Crippen LogP contribution in [0.4, 0.5) is 0 Å². The quantitative estimate of drug-likeness (QED) is 0.800. The summed E-state index contributed by atoms with van der Waals surface area (Å²) in [5.41, 5.74) is 2.85. The summed E-state index contributed by atoms with van der Waals surface area (Å²) in [6.45, 7) is 9.87. The summed E-state index contributed by atoms with van der Waals surface area (Å²) in [5.74, 6) is 0.848. The van der Waals surface area contributed by atoms with Crippen molar-refractivity contribution < 1.29 is 9.53 Å². The molecule has 5 nitrogen and oxygen atoms in total. The second-order valence-electron chi connectivity index (χ2n) is 7.25. The first-order chi connectivity index (χ1) is 13.6. The normalized spacial score (nSPS) is 16.5. The lowest BCUT2D eigenvalue weighted by atomic mass is 10.0. The van der Waals surface area contributed by atoms with Gasteiger partial charge in [0.25, 0.3) is 5.91 Å². The van der Waals surface area contributed by atoms with Crippen LogP contribution in [0.3, 0.4) is 0 Å². The molecule has 28 heavy (non-hydrogen) atoms. The molecule has 1 atom stereocenters. The van der Waals surface area contributed by atoms with Gasteiger partial charge in [-0.3, -0.25) is 9.69 Å². The Bertz CT molecular complexity index is 785. The topological polar surface area (TPSA) is 44.8 Å². The summed E-state index contributed by atoms with van der Waals surface area (Å²) < 4.78 is 5.62. The lowest BCUT2D eigenvalue weighted by molar-refractivity contribution is 0.0850. The highest BCUT2D eigenvalue weighted by Crippen LogP contribution is 2.29. The number of aryl methyl sites for hydroxylation is 1. The first kappa shape index (κ1) is 20.4. The Balaban J connectivity index is 1.78. The maximum Gasteiger partial charge on any atom is 0.251 e. The number of likely N-dealkylation sites (N-methyl/N-ethyl adjacent to an activating group) is 1. The summed E-state index contributed by atoms with van der Waals surface area (Å²) in [5, 5.41) is 3.16. The van der Waals surface area contributed by atoms with Gasteiger partial charge < -0.3 is 15.0 Å². The largest absolute Gasteiger partial charge is 0.496 e. The van der Waals surface area contributed by atoms with Crippen LogP contribution in [-0.4, -0.2) is 62.1 Å². The number of amides is 1. The second kappa shape index (κ2) is 9.71. The molecule has 1 aliphatic heterocycles. The van der Waals surface area contributed by atoms with Gasteiger partial charge in [0.15, 0.2) is 0 Å². The number of benzene rings is 2. The molecule has 1 unspecified atom stereocenters. The van der Waals surface area contributed by atoms with Gasteiger partial charge in [-0.05, 0) is 31.2 Å². The Labute approximate surface area is 168 Å². The standard InChI is InChI=1S/C23H31N3O2/c1-4-25-13-15-26(16-14-25)21(20-11-7-8-12-22(20)28-3)17-24-23(27)19-10-6-5-9-18(19)2/h5-12,21H,4,13-17H2,1-3H3,(H,24,27). The highest BCUT2D eigenvalue weighted by molar-refractivity contribution is 5.95. The monoisotopic (exact) mass is 381 g/mol. The van der Waals surface area contributed by atoms with Gasteiger partial charge >= 0.3 is 0 Å². The van der Waals surface area contributed by atoms with Crippen molar-refractivity contribution in [3.8, 4) is 5.75 Å². The second-order valence-corrected chi connectivity index (χ2v) is 7.25. The minimum absolute atomic E-state index is 0.0230. The molecule has 1 aliphatic rings. The smallest absolute Gasteiger partial charge is 0.251 e. The maximum absolute atomic E-state index is 12.8. The van der Waals surface area contributed by atoms with Crippen molar-refractivity contribution in [2.75, 3.05) is 46.4 Å². The highest BCUT2D eigenvalue weighted by Gasteiger charge is 2.27. The lowest BCUT2D eigenvalue weighted by Crippen LogP contribution is -2.49. The Morgan fingerprint density at radius 1 is 1.07 bits per heavy atom. The van der Waals surface area contributed by atoms with Crippen molar-refractivity contribution in [1.82, 2.24) is 15.1 Å². The van der Waals surface area contributed by atoms with Crippen LogP contribution in [0.5, 0.6) is 5.75 Å². The summed E-state index contributed by atoms with van der Waals surface area (Å²) in [4.78, 5) is 17.7. The molecule has 1 saturated heterocycles. The van der Waals surface area contributed by atoms with E-state index in [0.717, 1.165) is 55.2 Å². The number of methoxy groups -OCH3 is 1. The van der Waals surface area contributed by atoms with Crippen molar-refractivity contribution in [2.24, 2.45) is 0 Å². The van der Waals surface area contributed by atoms with Gasteiger partial charge in [0, 0.05) is 43.9 Å². The number of para-hydroxylation sites is 1. The molecule has 2 aromatic carbocycles. The molecule has 3 rings (SSSR count). The van der Waals surface area contributed by atoms with E-state index in [-0.39, 0.29) is 11.9 Å². The molecule has 1 heterocycles. The number of hydrogen-bond donors (Lipinski definition) is 1. The Morgan fingerprint density at radius 3 is 2.43 bits per heavy atom. The van der Waals surface area contributed by atoms with Crippen LogP contribution in [-0.2, 0) is 0 Å². The molecular formula is C23H31N3O2. The summed E-state index contributed by atoms with van der Waals surface area (Å²) in [6.07, 6.45) is 0. The van der Waals surface area contributed by atoms with Gasteiger partial charge in [-0.2, -0.15) is 0 Å². The van der Waals surface area contributed by atoms with Crippen molar-refractivity contribution in [3.63, 3.8) is 0 Å². The van der Waals surface area contributed by atoms with E-state index in [0.29, 0.717) is 6.54 Å². The van der Waals surface area contributed by atoms with Crippen molar-refractivity contribution in [3.05, 3.63) is 65.2 Å². The van der Waals surface area contributed by atoms with Gasteiger partial charge in [0.1, 0.15) is 5.75 Å². The first-order valence-corrected chi connectivity index (χ1v) is 10.1. The predicted molar refractivity (Wildman–Crippen MR) is 113 cm³/mol. The van der Waals surface area contributed by atoms with Gasteiger partial charge in [0.2, 0.25) is 0 Å². The van der Waals surface area contributed by atoms with Crippen LogP contribution in [0, 0.1) is 6.92 Å². The molecule has 0 saturated carbocycles. The van der Waals surface area contributed by atoms with Crippen molar-refractivity contribution >= 4 is 5.91 Å². The molecule has 2 aromatic rings. The Kier molecular flexibility index (Phi) is 7.06. The average molecular weight is 382 g/mol. The number of rotatable bonds is 7. The van der Waals surface area contributed by atoms with Crippen molar-refractivity contribution in [2.45, 2.75) is 19.9 Å². The maximum atomic E-state index is 12.8. The molecule has 150 valence electrons. The van der Waals surface area contributed by atoms with Crippen LogP contribution in [0.1, 0.15) is 34.5 Å². The summed E-state index contributed by atoms with van der Waals surface area (Å²) in [6, 6.07) is 15.9. The fraction of sp³-hybridized carbons (Fsp3) is 0.435. The number of hydrogen-bond acceptors (Lipinski definition) is 4. The predicted octanol–water partition coefficient (Wildman–Crippen LogP) is 3.11. The molecule has 1 N–H and O–H groups in total. The van der Waals surface area contributed by atoms with E-state index in [1.54, 1.807) is 7.11 Å². The van der Waals surface area contributed by atoms with E-state index in [4.69, 9.17) is 4.74 Å². The van der Waals surface area contributed by atoms with E-state index in [9.17, 15) is 4.79 Å². The number of nitrogens with zero attached hydrogens (tertiary/aromatic N) is 2. The fourth-order valence-corrected chi connectivity index (χ4v) is 3.88. The SMILES string of the molecule is CCN1CCN(C(CNC(=O)c2ccccc2C)c2ccccc2OC)CC1. The summed E-state index contributed by atoms with van der Waals surface area (Å²) >= 11 is 0. The third-order valence-electron chi connectivity index (χ3n) is 5.64. The van der Waals surface area contributed by atoms with E-state index >= 15 is 0 Å². The van der Waals surface area contributed by atoms with Gasteiger partial charge in [-0.25, -0.2) is 0 Å². The first-order valence-electron chi connectivity index (χ1n) is 10.1. The number of carbonyl (C=O) groups is 1. The molecular weight excluding hydrogens is 350 g/mol. The number of carbonyl (C=O) groups excluding carboxylic acids is 1. The Morgan fingerprint density at radius 2 is 1.75 bits per heavy atom. The summed E-state index contributed by atoms with van der Waals surface area (Å²) in [7, 11) is 1.71. The van der Waals surface area contributed by atoms with E-state index in [2.05, 4.69) is 28.1 Å². The molecule has 0 spiro atoms. The zero-order chi connectivity index (χ0) is 19.9. The van der Waals surface area contributed by atoms with Crippen LogP contribution in [0.2, 0.25) is 0 Å². The van der Waals surface area contributed by atoms with Crippen LogP contribution < -0.4 is 10.1 Å². The highest BCUT2D eigenvalue weighted by atomic mass is 16.5.